The van der Waals surface area contributed by atoms with E-state index in [0.717, 1.165) is 18.8 Å². The second-order valence-electron chi connectivity index (χ2n) is 4.55. The van der Waals surface area contributed by atoms with Crippen LogP contribution < -0.4 is 4.74 Å². The lowest BCUT2D eigenvalue weighted by atomic mass is 10.2. The van der Waals surface area contributed by atoms with Gasteiger partial charge in [-0.3, -0.25) is 0 Å². The zero-order chi connectivity index (χ0) is 15.3. The van der Waals surface area contributed by atoms with E-state index in [2.05, 4.69) is 31.2 Å². The number of aryl methyl sites for hydroxylation is 1. The van der Waals surface area contributed by atoms with Crippen LogP contribution in [0.3, 0.4) is 0 Å². The van der Waals surface area contributed by atoms with Crippen molar-refractivity contribution in [2.75, 3.05) is 13.2 Å². The molecule has 0 aliphatic heterocycles. The Kier molecular flexibility index (Phi) is 8.98. The summed E-state index contributed by atoms with van der Waals surface area (Å²) in [6.45, 7) is 8.16. The fourth-order valence-electron chi connectivity index (χ4n) is 1.75. The molecule has 0 bridgehead atoms. The Morgan fingerprint density at radius 1 is 0.810 bits per heavy atom. The minimum Gasteiger partial charge on any atom is -0.494 e. The number of rotatable bonds is 7. The van der Waals surface area contributed by atoms with Crippen LogP contribution in [0.4, 0.5) is 0 Å². The van der Waals surface area contributed by atoms with Crippen molar-refractivity contribution in [3.05, 3.63) is 65.7 Å². The molecule has 2 nitrogen and oxygen atoms in total. The van der Waals surface area contributed by atoms with Crippen LogP contribution in [-0.2, 0) is 11.3 Å². The molecule has 0 aromatic heterocycles. The second-order valence-corrected chi connectivity index (χ2v) is 4.55. The van der Waals surface area contributed by atoms with E-state index >= 15 is 0 Å². The number of hydrogen-bond acceptors (Lipinski definition) is 2. The van der Waals surface area contributed by atoms with Gasteiger partial charge < -0.3 is 9.47 Å². The average molecular weight is 286 g/mol. The van der Waals surface area contributed by atoms with Gasteiger partial charge in [-0.2, -0.15) is 0 Å². The maximum Gasteiger partial charge on any atom is 0.119 e. The van der Waals surface area contributed by atoms with E-state index < -0.39 is 0 Å². The summed E-state index contributed by atoms with van der Waals surface area (Å²) >= 11 is 0. The first kappa shape index (κ1) is 17.3. The quantitative estimate of drug-likeness (QED) is 0.666. The summed E-state index contributed by atoms with van der Waals surface area (Å²) in [6, 6.07) is 18.3. The summed E-state index contributed by atoms with van der Waals surface area (Å²) in [5, 5.41) is 0. The molecule has 0 N–H and O–H groups in total. The first-order chi connectivity index (χ1) is 10.3. The molecule has 0 aliphatic rings. The SMILES string of the molecule is CC.Cc1ccc(OCCCOCc2ccccc2)cc1. The Morgan fingerprint density at radius 3 is 2.14 bits per heavy atom. The lowest BCUT2D eigenvalue weighted by molar-refractivity contribution is 0.107. The highest BCUT2D eigenvalue weighted by Crippen LogP contribution is 2.11. The summed E-state index contributed by atoms with van der Waals surface area (Å²) in [4.78, 5) is 0. The highest BCUT2D eigenvalue weighted by molar-refractivity contribution is 5.26. The van der Waals surface area contributed by atoms with Gasteiger partial charge in [0.2, 0.25) is 0 Å². The van der Waals surface area contributed by atoms with Gasteiger partial charge in [0.15, 0.2) is 0 Å². The summed E-state index contributed by atoms with van der Waals surface area (Å²) in [5.41, 5.74) is 2.46. The lowest BCUT2D eigenvalue weighted by Gasteiger charge is -2.07. The highest BCUT2D eigenvalue weighted by atomic mass is 16.5. The molecule has 2 aromatic carbocycles. The van der Waals surface area contributed by atoms with E-state index in [1.165, 1.54) is 11.1 Å². The first-order valence-corrected chi connectivity index (χ1v) is 7.66. The molecular formula is C19H26O2. The van der Waals surface area contributed by atoms with E-state index in [4.69, 9.17) is 9.47 Å². The fourth-order valence-corrected chi connectivity index (χ4v) is 1.75. The van der Waals surface area contributed by atoms with Crippen LogP contribution >= 0.6 is 0 Å². The molecule has 21 heavy (non-hydrogen) atoms. The normalized spacial score (nSPS) is 9.67. The standard InChI is InChI=1S/C17H20O2.C2H6/c1-15-8-10-17(11-9-15)19-13-5-12-18-14-16-6-3-2-4-7-16;1-2/h2-4,6-11H,5,12-14H2,1H3;1-2H3. The highest BCUT2D eigenvalue weighted by Gasteiger charge is 1.95. The molecule has 0 aliphatic carbocycles. The van der Waals surface area contributed by atoms with Gasteiger partial charge in [-0.15, -0.1) is 0 Å². The molecule has 0 saturated heterocycles. The van der Waals surface area contributed by atoms with E-state index in [1.807, 2.05) is 44.2 Å². The van der Waals surface area contributed by atoms with Crippen molar-refractivity contribution < 1.29 is 9.47 Å². The Bertz CT molecular complexity index is 463. The summed E-state index contributed by atoms with van der Waals surface area (Å²) < 4.78 is 11.2. The van der Waals surface area contributed by atoms with Gasteiger partial charge >= 0.3 is 0 Å². The molecule has 0 amide bonds. The maximum atomic E-state index is 5.63. The van der Waals surface area contributed by atoms with Crippen LogP contribution in [0, 0.1) is 6.92 Å². The summed E-state index contributed by atoms with van der Waals surface area (Å²) in [5.74, 6) is 0.925. The van der Waals surface area contributed by atoms with Crippen molar-refractivity contribution in [1.29, 1.82) is 0 Å². The van der Waals surface area contributed by atoms with Crippen LogP contribution in [0.1, 0.15) is 31.4 Å². The molecule has 2 rings (SSSR count). The van der Waals surface area contributed by atoms with Gasteiger partial charge in [0, 0.05) is 6.42 Å². The minimum atomic E-state index is 0.672. The van der Waals surface area contributed by atoms with Crippen molar-refractivity contribution >= 4 is 0 Å². The molecule has 0 atom stereocenters. The van der Waals surface area contributed by atoms with Gasteiger partial charge in [0.05, 0.1) is 19.8 Å². The van der Waals surface area contributed by atoms with Crippen LogP contribution in [0.2, 0.25) is 0 Å². The Labute approximate surface area is 128 Å². The van der Waals surface area contributed by atoms with Crippen molar-refractivity contribution in [1.82, 2.24) is 0 Å². The van der Waals surface area contributed by atoms with E-state index in [9.17, 15) is 0 Å². The molecule has 2 aromatic rings. The molecular weight excluding hydrogens is 260 g/mol. The van der Waals surface area contributed by atoms with E-state index in [0.29, 0.717) is 13.2 Å². The van der Waals surface area contributed by atoms with Crippen molar-refractivity contribution in [2.24, 2.45) is 0 Å². The minimum absolute atomic E-state index is 0.672. The second kappa shape index (κ2) is 10.9. The fraction of sp³-hybridized carbons (Fsp3) is 0.368. The molecule has 2 heteroatoms. The zero-order valence-electron chi connectivity index (χ0n) is 13.3. The summed E-state index contributed by atoms with van der Waals surface area (Å²) in [7, 11) is 0. The number of hydrogen-bond donors (Lipinski definition) is 0. The van der Waals surface area contributed by atoms with Crippen LogP contribution in [0.5, 0.6) is 5.75 Å². The molecule has 0 fully saturated rings. The van der Waals surface area contributed by atoms with Crippen molar-refractivity contribution in [3.8, 4) is 5.75 Å². The topological polar surface area (TPSA) is 18.5 Å². The summed E-state index contributed by atoms with van der Waals surface area (Å²) in [6.07, 6.45) is 0.903. The predicted octanol–water partition coefficient (Wildman–Crippen LogP) is 5.01. The third-order valence-corrected chi connectivity index (χ3v) is 2.83. The van der Waals surface area contributed by atoms with Gasteiger partial charge in [0.25, 0.3) is 0 Å². The Morgan fingerprint density at radius 2 is 1.48 bits per heavy atom. The molecule has 0 heterocycles. The van der Waals surface area contributed by atoms with Gasteiger partial charge in [-0.05, 0) is 24.6 Å². The Hall–Kier alpha value is -1.80. The van der Waals surface area contributed by atoms with Crippen molar-refractivity contribution in [2.45, 2.75) is 33.8 Å². The van der Waals surface area contributed by atoms with Gasteiger partial charge in [-0.1, -0.05) is 61.9 Å². The lowest BCUT2D eigenvalue weighted by Crippen LogP contribution is -2.03. The van der Waals surface area contributed by atoms with Crippen LogP contribution in [0.25, 0.3) is 0 Å². The van der Waals surface area contributed by atoms with Crippen LogP contribution in [-0.4, -0.2) is 13.2 Å². The molecule has 0 spiro atoms. The monoisotopic (exact) mass is 286 g/mol. The largest absolute Gasteiger partial charge is 0.494 e. The van der Waals surface area contributed by atoms with E-state index in [-0.39, 0.29) is 0 Å². The smallest absolute Gasteiger partial charge is 0.119 e. The Balaban J connectivity index is 0.00000106. The molecule has 0 saturated carbocycles. The van der Waals surface area contributed by atoms with Crippen LogP contribution in [0.15, 0.2) is 54.6 Å². The zero-order valence-corrected chi connectivity index (χ0v) is 13.3. The van der Waals surface area contributed by atoms with Gasteiger partial charge in [-0.25, -0.2) is 0 Å². The predicted molar refractivity (Wildman–Crippen MR) is 88.7 cm³/mol. The third kappa shape index (κ3) is 7.52. The van der Waals surface area contributed by atoms with E-state index in [1.54, 1.807) is 0 Å². The number of ether oxygens (including phenoxy) is 2. The average Bonchev–Trinajstić information content (AvgIpc) is 2.55. The maximum absolute atomic E-state index is 5.63. The molecule has 0 radical (unpaired) electrons. The molecule has 0 unspecified atom stereocenters. The molecule has 114 valence electrons. The third-order valence-electron chi connectivity index (χ3n) is 2.83. The first-order valence-electron chi connectivity index (χ1n) is 7.66. The van der Waals surface area contributed by atoms with Gasteiger partial charge in [0.1, 0.15) is 5.75 Å². The number of benzene rings is 2. The van der Waals surface area contributed by atoms with Crippen molar-refractivity contribution in [3.63, 3.8) is 0 Å².